The van der Waals surface area contributed by atoms with Crippen LogP contribution in [-0.2, 0) is 9.59 Å². The van der Waals surface area contributed by atoms with E-state index in [2.05, 4.69) is 0 Å². The van der Waals surface area contributed by atoms with E-state index < -0.39 is 17.7 Å². The minimum atomic E-state index is -0.837. The number of rotatable bonds is 3. The molecule has 0 spiro atoms. The normalized spacial score (nSPS) is 18.6. The first-order chi connectivity index (χ1) is 17.8. The summed E-state index contributed by atoms with van der Waals surface area (Å²) in [6, 6.07) is 15.8. The number of aryl methyl sites for hydroxylation is 3. The molecule has 0 saturated carbocycles. The zero-order valence-electron chi connectivity index (χ0n) is 20.6. The standard InChI is InChI=1S/C29H24N2O5S/c1-15-5-4-6-18(11-15)25-24(26(32)19-7-8-21-22(14-19)36-10-9-35-21)27(33)28(34)31(25)29-30-20-12-16(2)17(3)13-23(20)37-29/h4-8,11-14,25,32H,9-10H2,1-3H3/b26-24+. The lowest BCUT2D eigenvalue weighted by atomic mass is 9.94. The summed E-state index contributed by atoms with van der Waals surface area (Å²) in [7, 11) is 0. The predicted octanol–water partition coefficient (Wildman–Crippen LogP) is 5.62. The number of aliphatic hydroxyl groups excluding tert-OH is 1. The Kier molecular flexibility index (Phi) is 5.49. The first-order valence-electron chi connectivity index (χ1n) is 12.0. The molecule has 0 bridgehead atoms. The van der Waals surface area contributed by atoms with Crippen LogP contribution < -0.4 is 14.4 Å². The summed E-state index contributed by atoms with van der Waals surface area (Å²) < 4.78 is 12.2. The minimum absolute atomic E-state index is 0.0129. The van der Waals surface area contributed by atoms with Crippen molar-refractivity contribution in [2.45, 2.75) is 26.8 Å². The number of nitrogens with zero attached hydrogens (tertiary/aromatic N) is 2. The van der Waals surface area contributed by atoms with Gasteiger partial charge in [-0.2, -0.15) is 0 Å². The highest BCUT2D eigenvalue weighted by Gasteiger charge is 2.48. The van der Waals surface area contributed by atoms with Gasteiger partial charge in [-0.1, -0.05) is 41.2 Å². The van der Waals surface area contributed by atoms with Gasteiger partial charge in [-0.3, -0.25) is 14.5 Å². The molecule has 3 aromatic carbocycles. The fourth-order valence-electron chi connectivity index (χ4n) is 4.80. The largest absolute Gasteiger partial charge is 0.507 e. The van der Waals surface area contributed by atoms with Gasteiger partial charge in [0.05, 0.1) is 21.8 Å². The average molecular weight is 513 g/mol. The van der Waals surface area contributed by atoms with E-state index in [0.717, 1.165) is 26.9 Å². The van der Waals surface area contributed by atoms with Crippen LogP contribution in [0.25, 0.3) is 16.0 Å². The molecular formula is C29H24N2O5S. The van der Waals surface area contributed by atoms with E-state index >= 15 is 0 Å². The van der Waals surface area contributed by atoms with Crippen molar-refractivity contribution in [1.29, 1.82) is 0 Å². The highest BCUT2D eigenvalue weighted by molar-refractivity contribution is 7.22. The minimum Gasteiger partial charge on any atom is -0.507 e. The smallest absolute Gasteiger partial charge is 0.301 e. The fraction of sp³-hybridized carbons (Fsp3) is 0.207. The van der Waals surface area contributed by atoms with E-state index in [1.165, 1.54) is 16.2 Å². The van der Waals surface area contributed by atoms with Crippen molar-refractivity contribution in [2.75, 3.05) is 18.1 Å². The summed E-state index contributed by atoms with van der Waals surface area (Å²) in [4.78, 5) is 33.2. The maximum absolute atomic E-state index is 13.5. The third-order valence-corrected chi connectivity index (χ3v) is 7.83. The Bertz CT molecular complexity index is 1600. The zero-order chi connectivity index (χ0) is 25.8. The predicted molar refractivity (Wildman–Crippen MR) is 142 cm³/mol. The Morgan fingerprint density at radius 1 is 0.973 bits per heavy atom. The molecule has 8 heteroatoms. The van der Waals surface area contributed by atoms with Crippen molar-refractivity contribution >= 4 is 44.1 Å². The second-order valence-corrected chi connectivity index (χ2v) is 10.4. The molecule has 1 amide bonds. The number of aliphatic hydroxyl groups is 1. The van der Waals surface area contributed by atoms with Crippen LogP contribution >= 0.6 is 11.3 Å². The first-order valence-corrected chi connectivity index (χ1v) is 12.8. The number of fused-ring (bicyclic) bond motifs is 2. The van der Waals surface area contributed by atoms with E-state index in [1.807, 2.05) is 57.2 Å². The summed E-state index contributed by atoms with van der Waals surface area (Å²) >= 11 is 1.35. The third kappa shape index (κ3) is 3.84. The Morgan fingerprint density at radius 2 is 1.73 bits per heavy atom. The number of ketones is 1. The number of benzene rings is 3. The van der Waals surface area contributed by atoms with E-state index in [9.17, 15) is 14.7 Å². The molecule has 0 radical (unpaired) electrons. The number of carbonyl (C=O) groups is 2. The molecule has 3 heterocycles. The molecule has 1 atom stereocenters. The van der Waals surface area contributed by atoms with Gasteiger partial charge in [-0.15, -0.1) is 0 Å². The summed E-state index contributed by atoms with van der Waals surface area (Å²) in [6.07, 6.45) is 0. The molecule has 7 nitrogen and oxygen atoms in total. The molecule has 186 valence electrons. The van der Waals surface area contributed by atoms with Gasteiger partial charge in [0.1, 0.15) is 19.0 Å². The van der Waals surface area contributed by atoms with Crippen LogP contribution in [0.5, 0.6) is 11.5 Å². The topological polar surface area (TPSA) is 89.0 Å². The van der Waals surface area contributed by atoms with E-state index in [-0.39, 0.29) is 11.3 Å². The number of anilines is 1. The summed E-state index contributed by atoms with van der Waals surface area (Å²) in [5.74, 6) is -0.701. The highest BCUT2D eigenvalue weighted by Crippen LogP contribution is 2.45. The van der Waals surface area contributed by atoms with Gasteiger partial charge in [-0.05, 0) is 67.8 Å². The van der Waals surface area contributed by atoms with Crippen molar-refractivity contribution in [3.8, 4) is 11.5 Å². The van der Waals surface area contributed by atoms with Gasteiger partial charge in [0.2, 0.25) is 0 Å². The van der Waals surface area contributed by atoms with Crippen LogP contribution in [0, 0.1) is 20.8 Å². The summed E-state index contributed by atoms with van der Waals surface area (Å²) in [5.41, 5.74) is 5.05. The summed E-state index contributed by atoms with van der Waals surface area (Å²) in [6.45, 7) is 6.82. The van der Waals surface area contributed by atoms with Crippen LogP contribution in [0.15, 0.2) is 60.2 Å². The first kappa shape index (κ1) is 23.2. The molecule has 6 rings (SSSR count). The second-order valence-electron chi connectivity index (χ2n) is 9.34. The maximum atomic E-state index is 13.5. The maximum Gasteiger partial charge on any atom is 0.301 e. The zero-order valence-corrected chi connectivity index (χ0v) is 21.4. The van der Waals surface area contributed by atoms with Crippen molar-refractivity contribution in [2.24, 2.45) is 0 Å². The van der Waals surface area contributed by atoms with Gasteiger partial charge in [0.25, 0.3) is 5.78 Å². The highest BCUT2D eigenvalue weighted by atomic mass is 32.1. The number of aromatic nitrogens is 1. The SMILES string of the molecule is Cc1cccc(C2/C(=C(\O)c3ccc4c(c3)OCCO4)C(=O)C(=O)N2c2nc3cc(C)c(C)cc3s2)c1. The number of carbonyl (C=O) groups excluding carboxylic acids is 2. The van der Waals surface area contributed by atoms with E-state index in [4.69, 9.17) is 14.5 Å². The lowest BCUT2D eigenvalue weighted by Gasteiger charge is -2.23. The van der Waals surface area contributed by atoms with Gasteiger partial charge < -0.3 is 14.6 Å². The van der Waals surface area contributed by atoms with Gasteiger partial charge >= 0.3 is 5.91 Å². The molecule has 1 fully saturated rings. The molecule has 1 unspecified atom stereocenters. The van der Waals surface area contributed by atoms with E-state index in [1.54, 1.807) is 18.2 Å². The number of hydrogen-bond acceptors (Lipinski definition) is 7. The van der Waals surface area contributed by atoms with Crippen molar-refractivity contribution in [1.82, 2.24) is 4.98 Å². The number of Topliss-reactive ketones (excluding diaryl/α,β-unsaturated/α-hetero) is 1. The van der Waals surface area contributed by atoms with Gasteiger partial charge in [0.15, 0.2) is 16.6 Å². The Balaban J connectivity index is 1.55. The second kappa shape index (κ2) is 8.74. The molecule has 2 aliphatic rings. The monoisotopic (exact) mass is 512 g/mol. The molecule has 1 aromatic heterocycles. The number of ether oxygens (including phenoxy) is 2. The average Bonchev–Trinajstić information content (AvgIpc) is 3.41. The molecule has 1 N–H and O–H groups in total. The van der Waals surface area contributed by atoms with Gasteiger partial charge in [0, 0.05) is 5.56 Å². The number of thiazole rings is 1. The van der Waals surface area contributed by atoms with Crippen molar-refractivity contribution in [3.05, 3.63) is 88.0 Å². The Labute approximate surface area is 217 Å². The molecule has 1 saturated heterocycles. The Morgan fingerprint density at radius 3 is 2.51 bits per heavy atom. The lowest BCUT2D eigenvalue weighted by Crippen LogP contribution is -2.29. The fourth-order valence-corrected chi connectivity index (χ4v) is 5.87. The van der Waals surface area contributed by atoms with Crippen LogP contribution in [0.4, 0.5) is 5.13 Å². The Hall–Kier alpha value is -4.17. The molecule has 2 aliphatic heterocycles. The lowest BCUT2D eigenvalue weighted by molar-refractivity contribution is -0.132. The van der Waals surface area contributed by atoms with Gasteiger partial charge in [-0.25, -0.2) is 4.98 Å². The quantitative estimate of drug-likeness (QED) is 0.218. The van der Waals surface area contributed by atoms with Crippen LogP contribution in [0.1, 0.15) is 33.9 Å². The molecule has 0 aliphatic carbocycles. The van der Waals surface area contributed by atoms with Crippen molar-refractivity contribution < 1.29 is 24.2 Å². The van der Waals surface area contributed by atoms with Crippen LogP contribution in [0.3, 0.4) is 0 Å². The number of hydrogen-bond donors (Lipinski definition) is 1. The van der Waals surface area contributed by atoms with Crippen molar-refractivity contribution in [3.63, 3.8) is 0 Å². The number of amides is 1. The van der Waals surface area contributed by atoms with Crippen LogP contribution in [0.2, 0.25) is 0 Å². The molecule has 4 aromatic rings. The van der Waals surface area contributed by atoms with Crippen LogP contribution in [-0.4, -0.2) is 35.0 Å². The summed E-state index contributed by atoms with van der Waals surface area (Å²) in [5, 5.41) is 11.9. The van der Waals surface area contributed by atoms with E-state index in [0.29, 0.717) is 41.0 Å². The molecule has 37 heavy (non-hydrogen) atoms. The molecular weight excluding hydrogens is 488 g/mol. The third-order valence-electron chi connectivity index (χ3n) is 6.82.